The monoisotopic (exact) mass is 401 g/mol. The van der Waals surface area contributed by atoms with Gasteiger partial charge in [-0.15, -0.1) is 12.4 Å². The number of nitrogens with zero attached hydrogens (tertiary/aromatic N) is 2. The zero-order valence-electron chi connectivity index (χ0n) is 16.4. The maximum absolute atomic E-state index is 12.9. The highest BCUT2D eigenvalue weighted by atomic mass is 35.5. The number of amides is 2. The van der Waals surface area contributed by atoms with Crippen LogP contribution in [-0.4, -0.2) is 42.9 Å². The fraction of sp³-hybridized carbons (Fsp3) is 0.364. The molecule has 1 aliphatic heterocycles. The van der Waals surface area contributed by atoms with Crippen LogP contribution in [0.25, 0.3) is 0 Å². The molecular weight excluding hydrogens is 374 g/mol. The second-order valence-electron chi connectivity index (χ2n) is 7.29. The van der Waals surface area contributed by atoms with E-state index < -0.39 is 0 Å². The number of anilines is 1. The average Bonchev–Trinajstić information content (AvgIpc) is 2.73. The van der Waals surface area contributed by atoms with Gasteiger partial charge in [0.15, 0.2) is 0 Å². The predicted octanol–water partition coefficient (Wildman–Crippen LogP) is 3.58. The normalized spacial score (nSPS) is 17.4. The molecule has 5 nitrogen and oxygen atoms in total. The second-order valence-corrected chi connectivity index (χ2v) is 7.29. The third-order valence-corrected chi connectivity index (χ3v) is 5.29. The molecule has 2 aromatic rings. The first-order valence-corrected chi connectivity index (χ1v) is 9.45. The van der Waals surface area contributed by atoms with Crippen molar-refractivity contribution < 1.29 is 9.59 Å². The molecule has 0 spiro atoms. The van der Waals surface area contributed by atoms with Gasteiger partial charge < -0.3 is 15.5 Å². The highest BCUT2D eigenvalue weighted by Gasteiger charge is 2.27. The quantitative estimate of drug-likeness (QED) is 0.851. The van der Waals surface area contributed by atoms with E-state index in [2.05, 4.69) is 0 Å². The fourth-order valence-corrected chi connectivity index (χ4v) is 3.55. The Morgan fingerprint density at radius 3 is 2.46 bits per heavy atom. The van der Waals surface area contributed by atoms with Crippen LogP contribution in [0.15, 0.2) is 54.6 Å². The smallest absolute Gasteiger partial charge is 0.258 e. The molecule has 2 aromatic carbocycles. The van der Waals surface area contributed by atoms with E-state index >= 15 is 0 Å². The van der Waals surface area contributed by atoms with Gasteiger partial charge in [0, 0.05) is 43.0 Å². The van der Waals surface area contributed by atoms with Crippen LogP contribution >= 0.6 is 12.4 Å². The predicted molar refractivity (Wildman–Crippen MR) is 115 cm³/mol. The van der Waals surface area contributed by atoms with E-state index in [-0.39, 0.29) is 30.3 Å². The number of nitrogens with two attached hydrogens (primary N) is 1. The standard InChI is InChI=1S/C22H27N3O2.ClH/c1-16(23)19-10-7-13-25(15-19)22(27)18-9-6-8-17(14-18)21(26)24(2)20-11-4-3-5-12-20;/h3-6,8-9,11-12,14,16,19H,7,10,13,15,23H2,1-2H3;1H. The Balaban J connectivity index is 0.00000280. The first-order valence-electron chi connectivity index (χ1n) is 9.45. The Morgan fingerprint density at radius 1 is 1.11 bits per heavy atom. The number of halogens is 1. The molecule has 2 unspecified atom stereocenters. The van der Waals surface area contributed by atoms with Crippen LogP contribution in [0.2, 0.25) is 0 Å². The number of rotatable bonds is 4. The van der Waals surface area contributed by atoms with E-state index in [0.717, 1.165) is 25.1 Å². The van der Waals surface area contributed by atoms with E-state index in [9.17, 15) is 9.59 Å². The number of carbonyl (C=O) groups is 2. The number of likely N-dealkylation sites (tertiary alicyclic amines) is 1. The average molecular weight is 402 g/mol. The van der Waals surface area contributed by atoms with Gasteiger partial charge in [0.05, 0.1) is 0 Å². The largest absolute Gasteiger partial charge is 0.338 e. The van der Waals surface area contributed by atoms with Gasteiger partial charge in [-0.05, 0) is 56.0 Å². The molecule has 2 amide bonds. The summed E-state index contributed by atoms with van der Waals surface area (Å²) in [5.41, 5.74) is 7.90. The van der Waals surface area contributed by atoms with Crippen molar-refractivity contribution in [2.24, 2.45) is 11.7 Å². The number of piperidine rings is 1. The van der Waals surface area contributed by atoms with Gasteiger partial charge in [0.25, 0.3) is 11.8 Å². The Kier molecular flexibility index (Phi) is 7.61. The van der Waals surface area contributed by atoms with Crippen molar-refractivity contribution >= 4 is 29.9 Å². The number of benzene rings is 2. The minimum atomic E-state index is -0.136. The third-order valence-electron chi connectivity index (χ3n) is 5.29. The summed E-state index contributed by atoms with van der Waals surface area (Å²) in [7, 11) is 1.74. The molecule has 1 heterocycles. The molecule has 150 valence electrons. The molecule has 0 saturated carbocycles. The van der Waals surface area contributed by atoms with E-state index in [4.69, 9.17) is 5.73 Å². The van der Waals surface area contributed by atoms with Gasteiger partial charge in [-0.1, -0.05) is 24.3 Å². The van der Waals surface area contributed by atoms with Crippen molar-refractivity contribution in [2.75, 3.05) is 25.0 Å². The maximum atomic E-state index is 12.9. The van der Waals surface area contributed by atoms with Gasteiger partial charge in [-0.25, -0.2) is 0 Å². The van der Waals surface area contributed by atoms with Gasteiger partial charge in [-0.2, -0.15) is 0 Å². The molecule has 28 heavy (non-hydrogen) atoms. The summed E-state index contributed by atoms with van der Waals surface area (Å²) in [5, 5.41) is 0. The summed E-state index contributed by atoms with van der Waals surface area (Å²) >= 11 is 0. The van der Waals surface area contributed by atoms with Gasteiger partial charge >= 0.3 is 0 Å². The van der Waals surface area contributed by atoms with E-state index in [1.54, 1.807) is 36.2 Å². The lowest BCUT2D eigenvalue weighted by Crippen LogP contribution is -2.45. The molecule has 0 radical (unpaired) electrons. The van der Waals surface area contributed by atoms with Gasteiger partial charge in [-0.3, -0.25) is 9.59 Å². The number of carbonyl (C=O) groups excluding carboxylic acids is 2. The molecule has 2 N–H and O–H groups in total. The summed E-state index contributed by atoms with van der Waals surface area (Å²) in [4.78, 5) is 29.2. The molecule has 0 aromatic heterocycles. The lowest BCUT2D eigenvalue weighted by Gasteiger charge is -2.34. The molecule has 6 heteroatoms. The van der Waals surface area contributed by atoms with Crippen LogP contribution in [0, 0.1) is 5.92 Å². The van der Waals surface area contributed by atoms with Crippen molar-refractivity contribution in [2.45, 2.75) is 25.8 Å². The van der Waals surface area contributed by atoms with Crippen molar-refractivity contribution in [1.82, 2.24) is 4.90 Å². The highest BCUT2D eigenvalue weighted by molar-refractivity contribution is 6.07. The number of hydrogen-bond acceptors (Lipinski definition) is 3. The van der Waals surface area contributed by atoms with Crippen molar-refractivity contribution in [3.63, 3.8) is 0 Å². The first kappa shape index (κ1) is 21.9. The first-order chi connectivity index (χ1) is 13.0. The number of para-hydroxylation sites is 1. The molecule has 0 bridgehead atoms. The Morgan fingerprint density at radius 2 is 1.79 bits per heavy atom. The Bertz CT molecular complexity index is 810. The van der Waals surface area contributed by atoms with Crippen LogP contribution in [0.3, 0.4) is 0 Å². The maximum Gasteiger partial charge on any atom is 0.258 e. The summed E-state index contributed by atoms with van der Waals surface area (Å²) in [5.74, 6) is 0.164. The van der Waals surface area contributed by atoms with E-state index in [1.165, 1.54) is 0 Å². The zero-order chi connectivity index (χ0) is 19.4. The van der Waals surface area contributed by atoms with E-state index in [1.807, 2.05) is 42.2 Å². The van der Waals surface area contributed by atoms with Crippen LogP contribution < -0.4 is 10.6 Å². The van der Waals surface area contributed by atoms with Crippen LogP contribution in [0.5, 0.6) is 0 Å². The minimum absolute atomic E-state index is 0. The SMILES string of the molecule is CC(N)C1CCCN(C(=O)c2cccc(C(=O)N(C)c3ccccc3)c2)C1.Cl. The van der Waals surface area contributed by atoms with Crippen LogP contribution in [-0.2, 0) is 0 Å². The van der Waals surface area contributed by atoms with Crippen molar-refractivity contribution in [1.29, 1.82) is 0 Å². The summed E-state index contributed by atoms with van der Waals surface area (Å²) < 4.78 is 0. The lowest BCUT2D eigenvalue weighted by atomic mass is 9.92. The summed E-state index contributed by atoms with van der Waals surface area (Å²) in [6.07, 6.45) is 2.02. The third kappa shape index (κ3) is 4.91. The molecule has 1 aliphatic rings. The van der Waals surface area contributed by atoms with Crippen LogP contribution in [0.4, 0.5) is 5.69 Å². The summed E-state index contributed by atoms with van der Waals surface area (Å²) in [6, 6.07) is 16.5. The minimum Gasteiger partial charge on any atom is -0.338 e. The second kappa shape index (κ2) is 9.71. The summed E-state index contributed by atoms with van der Waals surface area (Å²) in [6.45, 7) is 3.42. The molecule has 1 saturated heterocycles. The fourth-order valence-electron chi connectivity index (χ4n) is 3.55. The van der Waals surface area contributed by atoms with Crippen molar-refractivity contribution in [3.8, 4) is 0 Å². The lowest BCUT2D eigenvalue weighted by molar-refractivity contribution is 0.0661. The Hall–Kier alpha value is -2.37. The van der Waals surface area contributed by atoms with Crippen molar-refractivity contribution in [3.05, 3.63) is 65.7 Å². The molecule has 2 atom stereocenters. The van der Waals surface area contributed by atoms with Crippen LogP contribution in [0.1, 0.15) is 40.5 Å². The topological polar surface area (TPSA) is 66.6 Å². The molecule has 1 fully saturated rings. The highest BCUT2D eigenvalue weighted by Crippen LogP contribution is 2.21. The molecule has 3 rings (SSSR count). The van der Waals surface area contributed by atoms with Gasteiger partial charge in [0.2, 0.25) is 0 Å². The zero-order valence-corrected chi connectivity index (χ0v) is 17.2. The van der Waals surface area contributed by atoms with Gasteiger partial charge in [0.1, 0.15) is 0 Å². The van der Waals surface area contributed by atoms with E-state index in [0.29, 0.717) is 23.6 Å². The Labute approximate surface area is 172 Å². The number of hydrogen-bond donors (Lipinski definition) is 1. The molecular formula is C22H28ClN3O2. The molecule has 0 aliphatic carbocycles.